The number of nitrogens with one attached hydrogen (secondary N) is 1. The second-order valence-electron chi connectivity index (χ2n) is 4.50. The number of methoxy groups -OCH3 is 1. The van der Waals surface area contributed by atoms with Crippen molar-refractivity contribution in [2.75, 3.05) is 12.4 Å². The minimum atomic E-state index is -0.0983. The molecule has 0 heterocycles. The molecule has 0 spiro atoms. The summed E-state index contributed by atoms with van der Waals surface area (Å²) in [5, 5.41) is 22.8. The Hall–Kier alpha value is -2.07. The molecule has 2 aromatic carbocycles. The fourth-order valence-electron chi connectivity index (χ4n) is 1.95. The van der Waals surface area contributed by atoms with Crippen LogP contribution < -0.4 is 10.1 Å². The van der Waals surface area contributed by atoms with Crippen LogP contribution in [0.15, 0.2) is 36.4 Å². The van der Waals surface area contributed by atoms with Gasteiger partial charge < -0.3 is 20.3 Å². The first-order chi connectivity index (χ1) is 9.49. The van der Waals surface area contributed by atoms with E-state index in [2.05, 4.69) is 5.32 Å². The Kier molecular flexibility index (Phi) is 4.25. The molecule has 0 bridgehead atoms. The molecular formula is C15H16ClNO3. The van der Waals surface area contributed by atoms with Crippen LogP contribution >= 0.6 is 11.6 Å². The summed E-state index contributed by atoms with van der Waals surface area (Å²) in [7, 11) is 1.56. The Bertz CT molecular complexity index is 596. The predicted molar refractivity (Wildman–Crippen MR) is 79.8 cm³/mol. The molecule has 0 aliphatic rings. The summed E-state index contributed by atoms with van der Waals surface area (Å²) in [4.78, 5) is 0. The molecular weight excluding hydrogens is 278 g/mol. The van der Waals surface area contributed by atoms with Crippen LogP contribution in [0.3, 0.4) is 0 Å². The Morgan fingerprint density at radius 2 is 1.75 bits per heavy atom. The number of anilines is 1. The molecule has 0 aromatic heterocycles. The highest BCUT2D eigenvalue weighted by molar-refractivity contribution is 6.32. The summed E-state index contributed by atoms with van der Waals surface area (Å²) < 4.78 is 5.16. The molecule has 0 amide bonds. The van der Waals surface area contributed by atoms with E-state index in [1.165, 1.54) is 6.07 Å². The zero-order chi connectivity index (χ0) is 14.7. The van der Waals surface area contributed by atoms with Crippen molar-refractivity contribution < 1.29 is 14.9 Å². The first-order valence-corrected chi connectivity index (χ1v) is 6.50. The van der Waals surface area contributed by atoms with Crippen molar-refractivity contribution in [2.45, 2.75) is 13.0 Å². The molecule has 0 radical (unpaired) electrons. The highest BCUT2D eigenvalue weighted by Gasteiger charge is 2.09. The van der Waals surface area contributed by atoms with E-state index in [4.69, 9.17) is 16.3 Å². The predicted octanol–water partition coefficient (Wildman–Crippen LogP) is 3.93. The molecule has 20 heavy (non-hydrogen) atoms. The number of phenols is 2. The van der Waals surface area contributed by atoms with E-state index in [-0.39, 0.29) is 17.5 Å². The second-order valence-corrected chi connectivity index (χ2v) is 4.91. The van der Waals surface area contributed by atoms with Gasteiger partial charge >= 0.3 is 0 Å². The van der Waals surface area contributed by atoms with Crippen LogP contribution in [-0.2, 0) is 0 Å². The molecule has 1 unspecified atom stereocenters. The summed E-state index contributed by atoms with van der Waals surface area (Å²) in [5.74, 6) is 0.646. The average Bonchev–Trinajstić information content (AvgIpc) is 2.39. The maximum Gasteiger partial charge on any atom is 0.139 e. The summed E-state index contributed by atoms with van der Waals surface area (Å²) in [6.45, 7) is 1.93. The molecule has 0 saturated heterocycles. The highest BCUT2D eigenvalue weighted by Crippen LogP contribution is 2.31. The monoisotopic (exact) mass is 293 g/mol. The van der Waals surface area contributed by atoms with E-state index in [1.807, 2.05) is 13.0 Å². The maximum atomic E-state index is 9.50. The van der Waals surface area contributed by atoms with Gasteiger partial charge in [0, 0.05) is 23.9 Å². The molecule has 0 saturated carbocycles. The van der Waals surface area contributed by atoms with E-state index in [0.717, 1.165) is 11.3 Å². The molecule has 4 nitrogen and oxygen atoms in total. The number of ether oxygens (including phenoxy) is 1. The third-order valence-corrected chi connectivity index (χ3v) is 3.27. The minimum Gasteiger partial charge on any atom is -0.508 e. The van der Waals surface area contributed by atoms with E-state index in [9.17, 15) is 10.2 Å². The van der Waals surface area contributed by atoms with Gasteiger partial charge in [-0.1, -0.05) is 11.6 Å². The van der Waals surface area contributed by atoms with Crippen molar-refractivity contribution in [1.29, 1.82) is 0 Å². The van der Waals surface area contributed by atoms with Gasteiger partial charge in [-0.2, -0.15) is 0 Å². The van der Waals surface area contributed by atoms with Gasteiger partial charge in [-0.15, -0.1) is 0 Å². The van der Waals surface area contributed by atoms with Gasteiger partial charge in [-0.05, 0) is 36.8 Å². The molecule has 1 atom stereocenters. The summed E-state index contributed by atoms with van der Waals surface area (Å²) >= 11 is 5.97. The standard InChI is InChI=1S/C15H16ClNO3/c1-9(10-5-12(18)8-13(19)6-10)17-11-3-4-14(16)15(7-11)20-2/h3-9,17-19H,1-2H3. The lowest BCUT2D eigenvalue weighted by molar-refractivity contribution is 0.415. The van der Waals surface area contributed by atoms with Gasteiger partial charge in [0.15, 0.2) is 0 Å². The Morgan fingerprint density at radius 1 is 1.10 bits per heavy atom. The smallest absolute Gasteiger partial charge is 0.139 e. The second kappa shape index (κ2) is 5.92. The van der Waals surface area contributed by atoms with Crippen LogP contribution in [0.5, 0.6) is 17.2 Å². The highest BCUT2D eigenvalue weighted by atomic mass is 35.5. The quantitative estimate of drug-likeness (QED) is 0.799. The van der Waals surface area contributed by atoms with Crippen LogP contribution in [0.1, 0.15) is 18.5 Å². The molecule has 0 aliphatic carbocycles. The molecule has 106 valence electrons. The molecule has 0 fully saturated rings. The number of hydrogen-bond donors (Lipinski definition) is 3. The fraction of sp³-hybridized carbons (Fsp3) is 0.200. The van der Waals surface area contributed by atoms with Crippen molar-refractivity contribution in [1.82, 2.24) is 0 Å². The van der Waals surface area contributed by atoms with Crippen LogP contribution in [0.2, 0.25) is 5.02 Å². The largest absolute Gasteiger partial charge is 0.508 e. The Labute approximate surface area is 122 Å². The van der Waals surface area contributed by atoms with E-state index < -0.39 is 0 Å². The summed E-state index contributed by atoms with van der Waals surface area (Å²) in [6.07, 6.45) is 0. The lowest BCUT2D eigenvalue weighted by Gasteiger charge is -2.17. The maximum absolute atomic E-state index is 9.50. The van der Waals surface area contributed by atoms with Gasteiger partial charge in [-0.25, -0.2) is 0 Å². The lowest BCUT2D eigenvalue weighted by Crippen LogP contribution is -2.06. The fourth-order valence-corrected chi connectivity index (χ4v) is 2.15. The van der Waals surface area contributed by atoms with Crippen molar-refractivity contribution in [3.63, 3.8) is 0 Å². The first-order valence-electron chi connectivity index (χ1n) is 6.12. The van der Waals surface area contributed by atoms with Gasteiger partial charge in [0.2, 0.25) is 0 Å². The SMILES string of the molecule is COc1cc(NC(C)c2cc(O)cc(O)c2)ccc1Cl. The van der Waals surface area contributed by atoms with Gasteiger partial charge in [0.05, 0.1) is 12.1 Å². The van der Waals surface area contributed by atoms with Crippen molar-refractivity contribution >= 4 is 17.3 Å². The van der Waals surface area contributed by atoms with E-state index >= 15 is 0 Å². The number of aromatic hydroxyl groups is 2. The van der Waals surface area contributed by atoms with Gasteiger partial charge in [0.25, 0.3) is 0 Å². The molecule has 3 N–H and O–H groups in total. The third-order valence-electron chi connectivity index (χ3n) is 2.96. The normalized spacial score (nSPS) is 11.9. The minimum absolute atomic E-state index is 0.0299. The van der Waals surface area contributed by atoms with Crippen LogP contribution in [0.4, 0.5) is 5.69 Å². The van der Waals surface area contributed by atoms with Crippen LogP contribution in [0, 0.1) is 0 Å². The van der Waals surface area contributed by atoms with Crippen LogP contribution in [-0.4, -0.2) is 17.3 Å². The zero-order valence-corrected chi connectivity index (χ0v) is 12.0. The number of rotatable bonds is 4. The lowest BCUT2D eigenvalue weighted by atomic mass is 10.1. The van der Waals surface area contributed by atoms with Crippen LogP contribution in [0.25, 0.3) is 0 Å². The number of hydrogen-bond acceptors (Lipinski definition) is 4. The Balaban J connectivity index is 2.20. The molecule has 0 aliphatic heterocycles. The van der Waals surface area contributed by atoms with E-state index in [0.29, 0.717) is 10.8 Å². The van der Waals surface area contributed by atoms with Gasteiger partial charge in [0.1, 0.15) is 17.2 Å². The third kappa shape index (κ3) is 3.27. The molecule has 2 rings (SSSR count). The molecule has 2 aromatic rings. The number of halogens is 1. The van der Waals surface area contributed by atoms with Crippen molar-refractivity contribution in [2.24, 2.45) is 0 Å². The summed E-state index contributed by atoms with van der Waals surface area (Å²) in [5.41, 5.74) is 1.61. The number of benzene rings is 2. The van der Waals surface area contributed by atoms with Crippen molar-refractivity contribution in [3.8, 4) is 17.2 Å². The topological polar surface area (TPSA) is 61.7 Å². The van der Waals surface area contributed by atoms with Gasteiger partial charge in [-0.3, -0.25) is 0 Å². The van der Waals surface area contributed by atoms with Crippen molar-refractivity contribution in [3.05, 3.63) is 47.0 Å². The zero-order valence-electron chi connectivity index (χ0n) is 11.2. The Morgan fingerprint density at radius 3 is 2.35 bits per heavy atom. The first kappa shape index (κ1) is 14.3. The molecule has 5 heteroatoms. The van der Waals surface area contributed by atoms with E-state index in [1.54, 1.807) is 31.4 Å². The number of phenolic OH excluding ortho intramolecular Hbond substituents is 2. The average molecular weight is 294 g/mol. The summed E-state index contributed by atoms with van der Waals surface area (Å²) in [6, 6.07) is 9.77.